The molecule has 4 amide bonds. The van der Waals surface area contributed by atoms with E-state index in [0.29, 0.717) is 45.2 Å². The largest absolute Gasteiger partial charge is 0.478 e. The van der Waals surface area contributed by atoms with E-state index in [0.717, 1.165) is 82.4 Å². The van der Waals surface area contributed by atoms with Crippen LogP contribution in [0.4, 0.5) is 27.5 Å². The van der Waals surface area contributed by atoms with Crippen LogP contribution >= 0.6 is 11.6 Å². The highest BCUT2D eigenvalue weighted by atomic mass is 35.5. The van der Waals surface area contributed by atoms with Crippen molar-refractivity contribution in [2.24, 2.45) is 11.3 Å². The number of ether oxygens (including phenoxy) is 1. The molecule has 9 rings (SSSR count). The van der Waals surface area contributed by atoms with E-state index in [4.69, 9.17) is 21.3 Å². The van der Waals surface area contributed by atoms with Gasteiger partial charge < -0.3 is 39.5 Å². The number of piperidine rings is 3. The summed E-state index contributed by atoms with van der Waals surface area (Å²) in [7, 11) is 1.51. The number of nitrogens with zero attached hydrogens (tertiary/aromatic N) is 7. The molecule has 16 nitrogen and oxygen atoms in total. The Morgan fingerprint density at radius 3 is 2.49 bits per heavy atom. The molecule has 332 valence electrons. The van der Waals surface area contributed by atoms with Crippen LogP contribution in [0.1, 0.15) is 74.3 Å². The second-order valence-corrected chi connectivity index (χ2v) is 18.4. The van der Waals surface area contributed by atoms with Gasteiger partial charge in [-0.2, -0.15) is 4.98 Å². The molecule has 18 heteroatoms. The highest BCUT2D eigenvalue weighted by Gasteiger charge is 2.46. The van der Waals surface area contributed by atoms with Crippen molar-refractivity contribution in [3.63, 3.8) is 0 Å². The summed E-state index contributed by atoms with van der Waals surface area (Å²) in [6.45, 7) is 10.0. The maximum absolute atomic E-state index is 15.5. The van der Waals surface area contributed by atoms with E-state index in [1.54, 1.807) is 22.9 Å². The van der Waals surface area contributed by atoms with Gasteiger partial charge in [-0.25, -0.2) is 9.37 Å². The first-order chi connectivity index (χ1) is 30.3. The number of anilines is 4. The van der Waals surface area contributed by atoms with Gasteiger partial charge in [-0.1, -0.05) is 11.6 Å². The summed E-state index contributed by atoms with van der Waals surface area (Å²) < 4.78 is 22.8. The van der Waals surface area contributed by atoms with Crippen molar-refractivity contribution in [2.75, 3.05) is 74.6 Å². The van der Waals surface area contributed by atoms with Crippen LogP contribution in [0.25, 0.3) is 10.9 Å². The predicted octanol–water partition coefficient (Wildman–Crippen LogP) is 4.61. The van der Waals surface area contributed by atoms with Gasteiger partial charge >= 0.3 is 0 Å². The molecular weight excluding hydrogens is 831 g/mol. The van der Waals surface area contributed by atoms with E-state index < -0.39 is 17.8 Å². The summed E-state index contributed by atoms with van der Waals surface area (Å²) in [6, 6.07) is 9.51. The van der Waals surface area contributed by atoms with Crippen molar-refractivity contribution < 1.29 is 28.3 Å². The van der Waals surface area contributed by atoms with Crippen molar-refractivity contribution in [1.82, 2.24) is 35.0 Å². The van der Waals surface area contributed by atoms with Crippen molar-refractivity contribution in [2.45, 2.75) is 71.0 Å². The van der Waals surface area contributed by atoms with Crippen LogP contribution in [0.5, 0.6) is 5.75 Å². The van der Waals surface area contributed by atoms with E-state index in [1.807, 2.05) is 32.0 Å². The van der Waals surface area contributed by atoms with Crippen LogP contribution < -0.4 is 36.0 Å². The number of likely N-dealkylation sites (tertiary alicyclic amines) is 1. The molecule has 1 unspecified atom stereocenters. The molecule has 4 saturated heterocycles. The van der Waals surface area contributed by atoms with Crippen molar-refractivity contribution in [3.8, 4) is 5.75 Å². The summed E-state index contributed by atoms with van der Waals surface area (Å²) in [5.74, 6) is -0.223. The van der Waals surface area contributed by atoms with E-state index in [1.165, 1.54) is 18.0 Å². The predicted molar refractivity (Wildman–Crippen MR) is 236 cm³/mol. The number of likely N-dealkylation sites (N-methyl/N-ethyl adjacent to an activating group) is 1. The van der Waals surface area contributed by atoms with E-state index >= 15 is 4.39 Å². The van der Waals surface area contributed by atoms with Gasteiger partial charge in [0.15, 0.2) is 18.2 Å². The van der Waals surface area contributed by atoms with E-state index in [2.05, 4.69) is 35.6 Å². The van der Waals surface area contributed by atoms with Crippen molar-refractivity contribution >= 4 is 69.3 Å². The second kappa shape index (κ2) is 17.1. The van der Waals surface area contributed by atoms with Gasteiger partial charge in [0.25, 0.3) is 17.4 Å². The molecule has 1 atom stereocenters. The fourth-order valence-electron chi connectivity index (χ4n) is 10.0. The number of fused-ring (bicyclic) bond motifs is 2. The molecule has 0 aliphatic carbocycles. The third-order valence-corrected chi connectivity index (χ3v) is 13.7. The molecule has 5 aliphatic rings. The molecule has 1 spiro atoms. The number of amides is 4. The molecule has 2 aromatic heterocycles. The Morgan fingerprint density at radius 2 is 1.78 bits per heavy atom. The Bertz CT molecular complexity index is 2550. The maximum atomic E-state index is 15.5. The Hall–Kier alpha value is -5.81. The molecule has 0 saturated carbocycles. The molecule has 4 fully saturated rings. The van der Waals surface area contributed by atoms with Crippen molar-refractivity contribution in [3.05, 3.63) is 74.9 Å². The lowest BCUT2D eigenvalue weighted by Crippen LogP contribution is -2.61. The standard InChI is InChI=1S/C45H52ClFN10O6/c1-26(2)57-34-5-4-30(16-28(34)18-37(43(57)62)63-23-39(59)48-3)50-40-32(46)20-49-44(52-40)55-12-8-27(9-13-55)21-53-24-45(25-53)10-14-54(15-11-45)36-17-29-22-56(42(61)31(29)19-33(36)47)35-6-7-38(58)51-41(35)60/h4-5,16-20,26-27,35H,6-15,21-25H2,1-3H3,(H,48,59)(H,49,50,52)(H,51,58,60). The Morgan fingerprint density at radius 1 is 1.02 bits per heavy atom. The fraction of sp³-hybridized carbons (Fsp3) is 0.489. The van der Waals surface area contributed by atoms with Crippen molar-refractivity contribution in [1.29, 1.82) is 0 Å². The highest BCUT2D eigenvalue weighted by molar-refractivity contribution is 6.33. The summed E-state index contributed by atoms with van der Waals surface area (Å²) in [4.78, 5) is 80.1. The van der Waals surface area contributed by atoms with E-state index in [-0.39, 0.29) is 66.5 Å². The normalized spacial score (nSPS) is 20.3. The number of carbonyl (C=O) groups excluding carboxylic acids is 4. The first-order valence-corrected chi connectivity index (χ1v) is 22.2. The first-order valence-electron chi connectivity index (χ1n) is 21.8. The lowest BCUT2D eigenvalue weighted by Gasteiger charge is -2.55. The van der Waals surface area contributed by atoms with E-state index in [9.17, 15) is 24.0 Å². The number of hydrogen-bond acceptors (Lipinski definition) is 12. The number of nitrogens with one attached hydrogen (secondary N) is 3. The number of rotatable bonds is 11. The molecule has 4 aromatic rings. The smallest absolute Gasteiger partial charge is 0.293 e. The maximum Gasteiger partial charge on any atom is 0.293 e. The second-order valence-electron chi connectivity index (χ2n) is 18.0. The fourth-order valence-corrected chi connectivity index (χ4v) is 10.2. The monoisotopic (exact) mass is 882 g/mol. The zero-order valence-electron chi connectivity index (χ0n) is 35.7. The van der Waals surface area contributed by atoms with Crippen LogP contribution in [-0.2, 0) is 20.9 Å². The van der Waals surface area contributed by atoms with Crippen LogP contribution in [-0.4, -0.2) is 113 Å². The number of hydrogen-bond donors (Lipinski definition) is 3. The number of imide groups is 1. The van der Waals surface area contributed by atoms with Gasteiger partial charge in [0, 0.05) is 88.5 Å². The SMILES string of the molecule is CNC(=O)COc1cc2cc(Nc3nc(N4CCC(CN5CC6(CCN(c7cc8c(cc7F)C(=O)N(C7CCC(=O)NC7=O)C8)CC6)C5)CC4)ncc3Cl)ccc2n(C(C)C)c1=O. The van der Waals surface area contributed by atoms with Crippen LogP contribution in [0.15, 0.2) is 47.4 Å². The Kier molecular flexibility index (Phi) is 11.5. The number of carbonyl (C=O) groups is 4. The van der Waals surface area contributed by atoms with Gasteiger partial charge in [0.1, 0.15) is 16.9 Å². The molecule has 2 aromatic carbocycles. The van der Waals surface area contributed by atoms with Gasteiger partial charge in [0.05, 0.1) is 17.4 Å². The molecule has 7 heterocycles. The molecule has 5 aliphatic heterocycles. The van der Waals surface area contributed by atoms with Crippen LogP contribution in [0, 0.1) is 17.2 Å². The van der Waals surface area contributed by atoms with Gasteiger partial charge in [-0.15, -0.1) is 0 Å². The lowest BCUT2D eigenvalue weighted by molar-refractivity contribution is -0.137. The highest BCUT2D eigenvalue weighted by Crippen LogP contribution is 2.43. The minimum Gasteiger partial charge on any atom is -0.478 e. The first kappa shape index (κ1) is 42.5. The minimum atomic E-state index is -0.730. The summed E-state index contributed by atoms with van der Waals surface area (Å²) >= 11 is 6.61. The summed E-state index contributed by atoms with van der Waals surface area (Å²) in [5, 5.41) is 9.29. The number of pyridine rings is 1. The van der Waals surface area contributed by atoms with Crippen LogP contribution in [0.3, 0.4) is 0 Å². The number of halogens is 2. The summed E-state index contributed by atoms with van der Waals surface area (Å²) in [6.07, 6.45) is 6.02. The third-order valence-electron chi connectivity index (χ3n) is 13.4. The van der Waals surface area contributed by atoms with Crippen LogP contribution in [0.2, 0.25) is 5.02 Å². The Balaban J connectivity index is 0.766. The number of benzene rings is 2. The summed E-state index contributed by atoms with van der Waals surface area (Å²) in [5.41, 5.74) is 2.88. The Labute approximate surface area is 369 Å². The number of aromatic nitrogens is 3. The molecule has 0 bridgehead atoms. The molecule has 63 heavy (non-hydrogen) atoms. The average Bonchev–Trinajstić information content (AvgIpc) is 3.57. The third kappa shape index (κ3) is 8.40. The zero-order valence-corrected chi connectivity index (χ0v) is 36.5. The molecule has 0 radical (unpaired) electrons. The van der Waals surface area contributed by atoms with Gasteiger partial charge in [0.2, 0.25) is 17.8 Å². The molecular formula is C45H52ClFN10O6. The van der Waals surface area contributed by atoms with Gasteiger partial charge in [-0.05, 0) is 99.2 Å². The zero-order chi connectivity index (χ0) is 44.2. The quantitative estimate of drug-likeness (QED) is 0.179. The molecule has 3 N–H and O–H groups in total. The average molecular weight is 883 g/mol. The lowest BCUT2D eigenvalue weighted by atomic mass is 9.71. The van der Waals surface area contributed by atoms with Gasteiger partial charge in [-0.3, -0.25) is 29.3 Å². The topological polar surface area (TPSA) is 174 Å². The minimum absolute atomic E-state index is 0.0898.